The highest BCUT2D eigenvalue weighted by Crippen LogP contribution is 2.30. The minimum Gasteiger partial charge on any atom is -0.465 e. The predicted molar refractivity (Wildman–Crippen MR) is 97.4 cm³/mol. The Morgan fingerprint density at radius 3 is 2.35 bits per heavy atom. The van der Waals surface area contributed by atoms with Crippen LogP contribution in [-0.2, 0) is 16.6 Å². The summed E-state index contributed by atoms with van der Waals surface area (Å²) in [5, 5.41) is 11.4. The summed E-state index contributed by atoms with van der Waals surface area (Å²) >= 11 is 0. The zero-order chi connectivity index (χ0) is 19.5. The van der Waals surface area contributed by atoms with Gasteiger partial charge in [0.2, 0.25) is 0 Å². The van der Waals surface area contributed by atoms with E-state index in [1.165, 1.54) is 16.4 Å². The number of nitrogens with zero attached hydrogens (tertiary/aromatic N) is 3. The molecule has 0 atom stereocenters. The summed E-state index contributed by atoms with van der Waals surface area (Å²) in [6, 6.07) is 7.71. The van der Waals surface area contributed by atoms with Crippen LogP contribution < -0.4 is 0 Å². The van der Waals surface area contributed by atoms with Crippen LogP contribution in [-0.4, -0.2) is 49.7 Å². The molecule has 142 valence electrons. The third kappa shape index (κ3) is 4.48. The lowest BCUT2D eigenvalue weighted by Gasteiger charge is -2.23. The Morgan fingerprint density at radius 1 is 1.12 bits per heavy atom. The molecule has 0 radical (unpaired) electrons. The fraction of sp³-hybridized carbons (Fsp3) is 0.412. The Labute approximate surface area is 153 Å². The fourth-order valence-electron chi connectivity index (χ4n) is 2.59. The molecular formula is C17H23N3O5S. The van der Waals surface area contributed by atoms with Crippen molar-refractivity contribution in [1.29, 1.82) is 0 Å². The number of furan rings is 1. The second-order valence-electron chi connectivity index (χ2n) is 6.33. The summed E-state index contributed by atoms with van der Waals surface area (Å²) in [6.07, 6.45) is 0. The van der Waals surface area contributed by atoms with Crippen molar-refractivity contribution in [2.24, 2.45) is 0 Å². The van der Waals surface area contributed by atoms with Crippen LogP contribution in [0.3, 0.4) is 0 Å². The van der Waals surface area contributed by atoms with Crippen molar-refractivity contribution in [3.05, 3.63) is 57.5 Å². The second kappa shape index (κ2) is 7.98. The lowest BCUT2D eigenvalue weighted by atomic mass is 10.2. The fourth-order valence-corrected chi connectivity index (χ4v) is 4.34. The molecule has 2 aromatic rings. The predicted octanol–water partition coefficient (Wildman–Crippen LogP) is 2.56. The van der Waals surface area contributed by atoms with Gasteiger partial charge in [-0.05, 0) is 45.6 Å². The smallest absolute Gasteiger partial charge is 0.289 e. The monoisotopic (exact) mass is 381 g/mol. The average molecular weight is 381 g/mol. The van der Waals surface area contributed by atoms with E-state index in [1.807, 2.05) is 19.0 Å². The van der Waals surface area contributed by atoms with Gasteiger partial charge >= 0.3 is 0 Å². The van der Waals surface area contributed by atoms with Gasteiger partial charge in [0.1, 0.15) is 11.5 Å². The first-order valence-electron chi connectivity index (χ1n) is 8.07. The van der Waals surface area contributed by atoms with Crippen LogP contribution >= 0.6 is 0 Å². The van der Waals surface area contributed by atoms with E-state index in [-0.39, 0.29) is 18.0 Å². The van der Waals surface area contributed by atoms with E-state index in [0.29, 0.717) is 23.6 Å². The van der Waals surface area contributed by atoms with Crippen LogP contribution in [0, 0.1) is 24.0 Å². The molecule has 0 aliphatic carbocycles. The van der Waals surface area contributed by atoms with Gasteiger partial charge in [0.15, 0.2) is 4.90 Å². The maximum Gasteiger partial charge on any atom is 0.289 e. The SMILES string of the molecule is Cc1ccc(CN(CCN(C)C)S(=O)(=O)c2c(C)cccc2[N+](=O)[O-])o1. The third-order valence-electron chi connectivity index (χ3n) is 3.91. The number of sulfonamides is 1. The van der Waals surface area contributed by atoms with Gasteiger partial charge in [0.25, 0.3) is 15.7 Å². The van der Waals surface area contributed by atoms with E-state index in [0.717, 1.165) is 0 Å². The highest BCUT2D eigenvalue weighted by Gasteiger charge is 2.33. The number of nitro groups is 1. The topological polar surface area (TPSA) is 96.9 Å². The first-order chi connectivity index (χ1) is 12.1. The number of hydrogen-bond acceptors (Lipinski definition) is 6. The van der Waals surface area contributed by atoms with Gasteiger partial charge in [-0.2, -0.15) is 4.31 Å². The Morgan fingerprint density at radius 2 is 1.81 bits per heavy atom. The number of benzene rings is 1. The summed E-state index contributed by atoms with van der Waals surface area (Å²) in [5.74, 6) is 1.16. The molecule has 0 unspecified atom stereocenters. The molecule has 9 heteroatoms. The highest BCUT2D eigenvalue weighted by atomic mass is 32.2. The summed E-state index contributed by atoms with van der Waals surface area (Å²) < 4.78 is 33.3. The van der Waals surface area contributed by atoms with Crippen LogP contribution in [0.4, 0.5) is 5.69 Å². The van der Waals surface area contributed by atoms with Crippen LogP contribution in [0.5, 0.6) is 0 Å². The molecule has 1 aromatic carbocycles. The van der Waals surface area contributed by atoms with Crippen LogP contribution in [0.25, 0.3) is 0 Å². The minimum absolute atomic E-state index is 0.00943. The van der Waals surface area contributed by atoms with Gasteiger partial charge in [-0.15, -0.1) is 0 Å². The molecular weight excluding hydrogens is 358 g/mol. The molecule has 0 amide bonds. The quantitative estimate of drug-likeness (QED) is 0.515. The van der Waals surface area contributed by atoms with E-state index in [2.05, 4.69) is 0 Å². The molecule has 0 bridgehead atoms. The Balaban J connectivity index is 2.50. The lowest BCUT2D eigenvalue weighted by molar-refractivity contribution is -0.387. The molecule has 0 N–H and O–H groups in total. The molecule has 2 rings (SSSR count). The molecule has 0 spiro atoms. The standard InChI is InChI=1S/C17H23N3O5S/c1-13-6-5-7-16(20(21)22)17(13)26(23,24)19(11-10-18(3)4)12-15-9-8-14(2)25-15/h5-9H,10-12H2,1-4H3. The van der Waals surface area contributed by atoms with Crippen molar-refractivity contribution >= 4 is 15.7 Å². The van der Waals surface area contributed by atoms with E-state index in [4.69, 9.17) is 4.42 Å². The Bertz CT molecular complexity index is 890. The molecule has 0 saturated heterocycles. The summed E-state index contributed by atoms with van der Waals surface area (Å²) in [7, 11) is -0.424. The van der Waals surface area contributed by atoms with Crippen LogP contribution in [0.1, 0.15) is 17.1 Å². The van der Waals surface area contributed by atoms with Crippen molar-refractivity contribution in [2.75, 3.05) is 27.2 Å². The zero-order valence-electron chi connectivity index (χ0n) is 15.3. The Hall–Kier alpha value is -2.23. The third-order valence-corrected chi connectivity index (χ3v) is 5.95. The molecule has 0 fully saturated rings. The summed E-state index contributed by atoms with van der Waals surface area (Å²) in [4.78, 5) is 12.3. The largest absolute Gasteiger partial charge is 0.465 e. The maximum atomic E-state index is 13.3. The van der Waals surface area contributed by atoms with Gasteiger partial charge in [-0.1, -0.05) is 12.1 Å². The van der Waals surface area contributed by atoms with Gasteiger partial charge in [-0.3, -0.25) is 10.1 Å². The molecule has 0 aliphatic rings. The highest BCUT2D eigenvalue weighted by molar-refractivity contribution is 7.89. The molecule has 1 aromatic heterocycles. The van der Waals surface area contributed by atoms with Crippen molar-refractivity contribution in [3.8, 4) is 0 Å². The summed E-state index contributed by atoms with van der Waals surface area (Å²) in [5.41, 5.74) is -0.0832. The number of likely N-dealkylation sites (N-methyl/N-ethyl adjacent to an activating group) is 1. The van der Waals surface area contributed by atoms with Crippen molar-refractivity contribution in [2.45, 2.75) is 25.3 Å². The van der Waals surface area contributed by atoms with Crippen LogP contribution in [0.2, 0.25) is 0 Å². The number of rotatable bonds is 8. The maximum absolute atomic E-state index is 13.3. The molecule has 26 heavy (non-hydrogen) atoms. The molecule has 0 saturated carbocycles. The number of aryl methyl sites for hydroxylation is 2. The van der Waals surface area contributed by atoms with Gasteiger partial charge in [0, 0.05) is 19.2 Å². The van der Waals surface area contributed by atoms with Gasteiger partial charge in [-0.25, -0.2) is 8.42 Å². The van der Waals surface area contributed by atoms with Crippen molar-refractivity contribution in [3.63, 3.8) is 0 Å². The molecule has 8 nitrogen and oxygen atoms in total. The minimum atomic E-state index is -4.09. The van der Waals surface area contributed by atoms with E-state index < -0.39 is 20.6 Å². The van der Waals surface area contributed by atoms with E-state index >= 15 is 0 Å². The van der Waals surface area contributed by atoms with E-state index in [9.17, 15) is 18.5 Å². The van der Waals surface area contributed by atoms with Gasteiger partial charge < -0.3 is 9.32 Å². The average Bonchev–Trinajstić information content (AvgIpc) is 2.95. The molecule has 1 heterocycles. The van der Waals surface area contributed by atoms with Gasteiger partial charge in [0.05, 0.1) is 11.5 Å². The number of hydrogen-bond donors (Lipinski definition) is 0. The van der Waals surface area contributed by atoms with Crippen molar-refractivity contribution < 1.29 is 17.8 Å². The van der Waals surface area contributed by atoms with Crippen molar-refractivity contribution in [1.82, 2.24) is 9.21 Å². The first-order valence-corrected chi connectivity index (χ1v) is 9.51. The normalized spacial score (nSPS) is 12.1. The lowest BCUT2D eigenvalue weighted by Crippen LogP contribution is -2.36. The Kier molecular flexibility index (Phi) is 6.17. The summed E-state index contributed by atoms with van der Waals surface area (Å²) in [6.45, 7) is 3.99. The first kappa shape index (κ1) is 20.1. The number of nitro benzene ring substituents is 1. The second-order valence-corrected chi connectivity index (χ2v) is 8.21. The van der Waals surface area contributed by atoms with Crippen LogP contribution in [0.15, 0.2) is 39.6 Å². The zero-order valence-corrected chi connectivity index (χ0v) is 16.1. The molecule has 0 aliphatic heterocycles. The van der Waals surface area contributed by atoms with E-state index in [1.54, 1.807) is 32.0 Å².